The lowest BCUT2D eigenvalue weighted by Crippen LogP contribution is -2.16. The molecule has 0 bridgehead atoms. The fourth-order valence-electron chi connectivity index (χ4n) is 3.64. The van der Waals surface area contributed by atoms with E-state index in [1.54, 1.807) is 17.4 Å². The number of benzene rings is 1. The van der Waals surface area contributed by atoms with Gasteiger partial charge < -0.3 is 18.8 Å². The fourth-order valence-corrected chi connectivity index (χ4v) is 4.33. The first-order valence-corrected chi connectivity index (χ1v) is 10.7. The number of aryl methyl sites for hydroxylation is 2. The molecule has 0 aliphatic carbocycles. The molecule has 0 spiro atoms. The molecule has 1 aromatic carbocycles. The van der Waals surface area contributed by atoms with Gasteiger partial charge in [-0.3, -0.25) is 14.9 Å². The summed E-state index contributed by atoms with van der Waals surface area (Å²) < 4.78 is 17.5. The summed E-state index contributed by atoms with van der Waals surface area (Å²) in [6, 6.07) is 8.15. The summed E-state index contributed by atoms with van der Waals surface area (Å²) in [6.45, 7) is 3.87. The zero-order valence-electron chi connectivity index (χ0n) is 17.5. The Kier molecular flexibility index (Phi) is 5.95. The number of nitrogens with zero attached hydrogens (tertiary/aromatic N) is 2. The van der Waals surface area contributed by atoms with Gasteiger partial charge in [-0.2, -0.15) is 0 Å². The highest BCUT2D eigenvalue weighted by Gasteiger charge is 2.29. The van der Waals surface area contributed by atoms with Crippen LogP contribution in [0, 0.1) is 24.0 Å². The summed E-state index contributed by atoms with van der Waals surface area (Å²) in [5, 5.41) is 13.4. The average Bonchev–Trinajstić information content (AvgIpc) is 3.50. The topological polar surface area (TPSA) is 110 Å². The summed E-state index contributed by atoms with van der Waals surface area (Å²) in [4.78, 5) is 37.2. The number of ether oxygens (including phenoxy) is 3. The van der Waals surface area contributed by atoms with E-state index in [9.17, 15) is 19.7 Å². The summed E-state index contributed by atoms with van der Waals surface area (Å²) in [7, 11) is 0. The largest absolute Gasteiger partial charge is 0.454 e. The Morgan fingerprint density at radius 1 is 1.19 bits per heavy atom. The second-order valence-corrected chi connectivity index (χ2v) is 8.28. The van der Waals surface area contributed by atoms with Gasteiger partial charge >= 0.3 is 5.97 Å². The van der Waals surface area contributed by atoms with Crippen molar-refractivity contribution in [3.05, 3.63) is 73.2 Å². The molecule has 0 saturated carbocycles. The van der Waals surface area contributed by atoms with Crippen molar-refractivity contribution < 1.29 is 28.7 Å². The zero-order valence-corrected chi connectivity index (χ0v) is 18.3. The Morgan fingerprint density at radius 3 is 2.62 bits per heavy atom. The highest BCUT2D eigenvalue weighted by Crippen LogP contribution is 2.38. The van der Waals surface area contributed by atoms with Gasteiger partial charge in [-0.05, 0) is 37.8 Å². The van der Waals surface area contributed by atoms with E-state index in [1.165, 1.54) is 10.9 Å². The van der Waals surface area contributed by atoms with E-state index in [0.29, 0.717) is 5.56 Å². The minimum Gasteiger partial charge on any atom is -0.454 e. The number of thiophene rings is 1. The monoisotopic (exact) mass is 456 g/mol. The molecule has 3 aromatic rings. The maximum absolute atomic E-state index is 12.7. The van der Waals surface area contributed by atoms with Crippen LogP contribution in [0.3, 0.4) is 0 Å². The van der Waals surface area contributed by atoms with Gasteiger partial charge in [0, 0.05) is 34.4 Å². The van der Waals surface area contributed by atoms with E-state index in [-0.39, 0.29) is 29.6 Å². The van der Waals surface area contributed by atoms with E-state index in [2.05, 4.69) is 10.6 Å². The molecule has 32 heavy (non-hydrogen) atoms. The van der Waals surface area contributed by atoms with Crippen LogP contribution in [0.2, 0.25) is 0 Å². The minimum atomic E-state index is -0.977. The van der Waals surface area contributed by atoms with Crippen LogP contribution in [0.4, 0.5) is 5.69 Å². The minimum absolute atomic E-state index is 0.0917. The van der Waals surface area contributed by atoms with Crippen molar-refractivity contribution in [1.82, 2.24) is 4.57 Å². The number of esters is 1. The first kappa shape index (κ1) is 21.6. The molecule has 0 atom stereocenters. The summed E-state index contributed by atoms with van der Waals surface area (Å²) >= 11 is 1.68. The standard InChI is InChI=1S/C22H20N2O7S/c1-13-8-16(14(2)23(13)6-5-15-4-3-7-32-15)19(25)11-29-22(26)17-9-20-21(31-12-30-20)10-18(17)24(27)28/h3-4,7-10H,5-6,11-12H2,1-2H3. The molecule has 2 aromatic heterocycles. The first-order chi connectivity index (χ1) is 15.3. The number of ketones is 1. The fraction of sp³-hybridized carbons (Fsp3) is 0.273. The van der Waals surface area contributed by atoms with Crippen LogP contribution in [-0.4, -0.2) is 34.6 Å². The number of rotatable bonds is 8. The molecule has 10 heteroatoms. The Balaban J connectivity index is 1.46. The van der Waals surface area contributed by atoms with Crippen molar-refractivity contribution in [2.45, 2.75) is 26.8 Å². The predicted molar refractivity (Wildman–Crippen MR) is 116 cm³/mol. The maximum Gasteiger partial charge on any atom is 0.345 e. The normalized spacial score (nSPS) is 12.1. The number of hydrogen-bond donors (Lipinski definition) is 0. The third-order valence-corrected chi connectivity index (χ3v) is 6.21. The van der Waals surface area contributed by atoms with Crippen LogP contribution in [0.15, 0.2) is 35.7 Å². The second-order valence-electron chi connectivity index (χ2n) is 7.24. The lowest BCUT2D eigenvalue weighted by molar-refractivity contribution is -0.385. The SMILES string of the molecule is Cc1cc(C(=O)COC(=O)c2cc3c(cc2[N+](=O)[O-])OCO3)c(C)n1CCc1cccs1. The lowest BCUT2D eigenvalue weighted by Gasteiger charge is -2.09. The Morgan fingerprint density at radius 2 is 1.94 bits per heavy atom. The number of nitro groups is 1. The molecule has 0 saturated heterocycles. The van der Waals surface area contributed by atoms with E-state index in [0.717, 1.165) is 30.4 Å². The van der Waals surface area contributed by atoms with Gasteiger partial charge in [0.15, 0.2) is 18.1 Å². The maximum atomic E-state index is 12.7. The van der Waals surface area contributed by atoms with Crippen LogP contribution in [0.1, 0.15) is 37.0 Å². The van der Waals surface area contributed by atoms with Crippen molar-refractivity contribution in [2.75, 3.05) is 13.4 Å². The second kappa shape index (κ2) is 8.83. The highest BCUT2D eigenvalue weighted by molar-refractivity contribution is 7.09. The van der Waals surface area contributed by atoms with Gasteiger partial charge in [0.2, 0.25) is 12.6 Å². The summed E-state index contributed by atoms with van der Waals surface area (Å²) in [5.74, 6) is -0.963. The predicted octanol–water partition coefficient (Wildman–Crippen LogP) is 4.09. The van der Waals surface area contributed by atoms with Gasteiger partial charge in [0.1, 0.15) is 5.56 Å². The van der Waals surface area contributed by atoms with Gasteiger partial charge in [0.25, 0.3) is 5.69 Å². The Labute approximate surface area is 187 Å². The smallest absolute Gasteiger partial charge is 0.345 e. The Hall–Kier alpha value is -3.66. The number of carbonyl (C=O) groups excluding carboxylic acids is 2. The number of carbonyl (C=O) groups is 2. The van der Waals surface area contributed by atoms with Crippen LogP contribution in [0.25, 0.3) is 0 Å². The number of Topliss-reactive ketones (excluding diaryl/α,β-unsaturated/α-hetero) is 1. The number of hydrogen-bond acceptors (Lipinski definition) is 8. The van der Waals surface area contributed by atoms with Crippen LogP contribution in [-0.2, 0) is 17.7 Å². The highest BCUT2D eigenvalue weighted by atomic mass is 32.1. The van der Waals surface area contributed by atoms with E-state index >= 15 is 0 Å². The molecule has 0 unspecified atom stereocenters. The molecule has 0 amide bonds. The molecule has 1 aliphatic heterocycles. The molecule has 0 fully saturated rings. The molecule has 0 radical (unpaired) electrons. The molecule has 0 N–H and O–H groups in total. The lowest BCUT2D eigenvalue weighted by atomic mass is 10.1. The van der Waals surface area contributed by atoms with E-state index in [4.69, 9.17) is 14.2 Å². The number of nitro benzene ring substituents is 1. The molecule has 4 rings (SSSR count). The molecular weight excluding hydrogens is 436 g/mol. The van der Waals surface area contributed by atoms with Gasteiger partial charge in [-0.15, -0.1) is 11.3 Å². The third kappa shape index (κ3) is 4.22. The van der Waals surface area contributed by atoms with Crippen LogP contribution in [0.5, 0.6) is 11.5 Å². The van der Waals surface area contributed by atoms with Crippen molar-refractivity contribution in [3.63, 3.8) is 0 Å². The number of aromatic nitrogens is 1. The quantitative estimate of drug-likeness (QED) is 0.217. The number of fused-ring (bicyclic) bond motifs is 1. The van der Waals surface area contributed by atoms with Crippen molar-refractivity contribution in [2.24, 2.45) is 0 Å². The van der Waals surface area contributed by atoms with Gasteiger partial charge in [-0.1, -0.05) is 6.07 Å². The summed E-state index contributed by atoms with van der Waals surface area (Å²) in [6.07, 6.45) is 0.852. The van der Waals surface area contributed by atoms with Crippen molar-refractivity contribution in [3.8, 4) is 11.5 Å². The summed E-state index contributed by atoms with van der Waals surface area (Å²) in [5.41, 5.74) is 1.41. The van der Waals surface area contributed by atoms with Crippen LogP contribution >= 0.6 is 11.3 Å². The average molecular weight is 456 g/mol. The Bertz CT molecular complexity index is 1200. The third-order valence-electron chi connectivity index (χ3n) is 5.28. The van der Waals surface area contributed by atoms with Crippen LogP contribution < -0.4 is 9.47 Å². The zero-order chi connectivity index (χ0) is 22.8. The molecule has 1 aliphatic rings. The molecule has 9 nitrogen and oxygen atoms in total. The van der Waals surface area contributed by atoms with Gasteiger partial charge in [-0.25, -0.2) is 4.79 Å². The van der Waals surface area contributed by atoms with Crippen molar-refractivity contribution in [1.29, 1.82) is 0 Å². The first-order valence-electron chi connectivity index (χ1n) is 9.82. The molecule has 3 heterocycles. The molecular formula is C22H20N2O7S. The molecule has 166 valence electrons. The van der Waals surface area contributed by atoms with E-state index in [1.807, 2.05) is 25.3 Å². The van der Waals surface area contributed by atoms with E-state index < -0.39 is 23.2 Å². The van der Waals surface area contributed by atoms with Gasteiger partial charge in [0.05, 0.1) is 11.0 Å². The van der Waals surface area contributed by atoms with Crippen molar-refractivity contribution >= 4 is 28.8 Å².